The van der Waals surface area contributed by atoms with Crippen LogP contribution in [0.25, 0.3) is 11.0 Å². The Morgan fingerprint density at radius 2 is 2.12 bits per heavy atom. The van der Waals surface area contributed by atoms with E-state index in [2.05, 4.69) is 9.97 Å². The van der Waals surface area contributed by atoms with Gasteiger partial charge in [-0.2, -0.15) is 4.98 Å². The third kappa shape index (κ3) is 1.54. The maximum Gasteiger partial charge on any atom is 0.352 e. The van der Waals surface area contributed by atoms with Crippen LogP contribution in [0.2, 0.25) is 0 Å². The van der Waals surface area contributed by atoms with Crippen molar-refractivity contribution in [2.45, 2.75) is 0 Å². The fraction of sp³-hybridized carbons (Fsp3) is 0.200. The van der Waals surface area contributed by atoms with Gasteiger partial charge in [-0.3, -0.25) is 0 Å². The predicted molar refractivity (Wildman–Crippen MR) is 56.2 cm³/mol. The first-order chi connectivity index (χ1) is 7.65. The second kappa shape index (κ2) is 3.73. The molecule has 2 rings (SSSR count). The Balaban J connectivity index is 2.69. The topological polar surface area (TPSA) is 84.4 Å². The molecule has 0 aromatic carbocycles. The number of rotatable bonds is 3. The molecule has 0 bridgehead atoms. The van der Waals surface area contributed by atoms with Crippen LogP contribution in [0.1, 0.15) is 10.5 Å². The van der Waals surface area contributed by atoms with E-state index in [-0.39, 0.29) is 5.69 Å². The summed E-state index contributed by atoms with van der Waals surface area (Å²) in [7, 11) is 2.98. The number of pyridine rings is 1. The minimum absolute atomic E-state index is 0.0639. The van der Waals surface area contributed by atoms with Crippen molar-refractivity contribution in [2.75, 3.05) is 14.2 Å². The zero-order valence-corrected chi connectivity index (χ0v) is 8.77. The number of hydrogen-bond donors (Lipinski definition) is 2. The van der Waals surface area contributed by atoms with Crippen LogP contribution in [0.5, 0.6) is 11.6 Å². The van der Waals surface area contributed by atoms with Crippen molar-refractivity contribution in [3.05, 3.63) is 17.8 Å². The van der Waals surface area contributed by atoms with Crippen LogP contribution in [0.15, 0.2) is 12.1 Å². The minimum Gasteiger partial charge on any atom is -0.496 e. The summed E-state index contributed by atoms with van der Waals surface area (Å²) in [6.07, 6.45) is 0. The van der Waals surface area contributed by atoms with Crippen molar-refractivity contribution in [3.63, 3.8) is 0 Å². The van der Waals surface area contributed by atoms with E-state index in [1.807, 2.05) is 0 Å². The molecule has 0 spiro atoms. The summed E-state index contributed by atoms with van der Waals surface area (Å²) >= 11 is 0. The van der Waals surface area contributed by atoms with E-state index in [0.29, 0.717) is 22.7 Å². The van der Waals surface area contributed by atoms with Crippen molar-refractivity contribution in [3.8, 4) is 11.6 Å². The second-order valence-electron chi connectivity index (χ2n) is 3.12. The van der Waals surface area contributed by atoms with Gasteiger partial charge in [0.05, 0.1) is 19.6 Å². The quantitative estimate of drug-likeness (QED) is 0.817. The highest BCUT2D eigenvalue weighted by Crippen LogP contribution is 2.28. The molecule has 2 aromatic heterocycles. The van der Waals surface area contributed by atoms with Crippen molar-refractivity contribution in [1.29, 1.82) is 0 Å². The largest absolute Gasteiger partial charge is 0.496 e. The van der Waals surface area contributed by atoms with Gasteiger partial charge in [-0.15, -0.1) is 0 Å². The van der Waals surface area contributed by atoms with Crippen molar-refractivity contribution >= 4 is 17.0 Å². The number of carbonyl (C=O) groups is 1. The van der Waals surface area contributed by atoms with E-state index < -0.39 is 5.97 Å². The van der Waals surface area contributed by atoms with Gasteiger partial charge in [0.2, 0.25) is 5.88 Å². The Morgan fingerprint density at radius 3 is 2.69 bits per heavy atom. The lowest BCUT2D eigenvalue weighted by molar-refractivity contribution is 0.0691. The lowest BCUT2D eigenvalue weighted by Gasteiger charge is -2.03. The summed E-state index contributed by atoms with van der Waals surface area (Å²) in [5.41, 5.74) is 0.489. The Morgan fingerprint density at radius 1 is 1.38 bits per heavy atom. The van der Waals surface area contributed by atoms with E-state index in [1.165, 1.54) is 20.3 Å². The average Bonchev–Trinajstić information content (AvgIpc) is 2.71. The number of aromatic carboxylic acids is 1. The van der Waals surface area contributed by atoms with E-state index in [1.54, 1.807) is 6.07 Å². The fourth-order valence-electron chi connectivity index (χ4n) is 1.44. The van der Waals surface area contributed by atoms with Crippen LogP contribution >= 0.6 is 0 Å². The summed E-state index contributed by atoms with van der Waals surface area (Å²) in [5, 5.41) is 9.46. The molecule has 16 heavy (non-hydrogen) atoms. The molecule has 0 amide bonds. The first-order valence-corrected chi connectivity index (χ1v) is 4.50. The standard InChI is InChI=1S/C10H10N2O4/c1-15-7-4-8(16-2)12-9-5(7)3-6(11-9)10(13)14/h3-4H,1-2H3,(H,11,12)(H,13,14). The number of carboxylic acids is 1. The van der Waals surface area contributed by atoms with Crippen molar-refractivity contribution in [1.82, 2.24) is 9.97 Å². The molecule has 6 heteroatoms. The third-order valence-electron chi connectivity index (χ3n) is 2.20. The molecule has 2 N–H and O–H groups in total. The molecule has 0 atom stereocenters. The second-order valence-corrected chi connectivity index (χ2v) is 3.12. The van der Waals surface area contributed by atoms with Gasteiger partial charge in [-0.1, -0.05) is 0 Å². The molecule has 0 aliphatic rings. The first kappa shape index (κ1) is 10.3. The highest BCUT2D eigenvalue weighted by molar-refractivity contribution is 5.95. The van der Waals surface area contributed by atoms with Crippen LogP contribution < -0.4 is 9.47 Å². The Hall–Kier alpha value is -2.24. The normalized spacial score (nSPS) is 10.4. The van der Waals surface area contributed by atoms with Crippen molar-refractivity contribution in [2.24, 2.45) is 0 Å². The van der Waals surface area contributed by atoms with Gasteiger partial charge >= 0.3 is 5.97 Å². The number of H-pyrrole nitrogens is 1. The molecular formula is C10H10N2O4. The number of fused-ring (bicyclic) bond motifs is 1. The summed E-state index contributed by atoms with van der Waals surface area (Å²) < 4.78 is 10.1. The number of aromatic amines is 1. The zero-order valence-electron chi connectivity index (χ0n) is 8.77. The monoisotopic (exact) mass is 222 g/mol. The molecule has 0 aliphatic carbocycles. The maximum atomic E-state index is 10.8. The van der Waals surface area contributed by atoms with Gasteiger partial charge in [0.1, 0.15) is 17.1 Å². The van der Waals surface area contributed by atoms with Crippen LogP contribution in [0, 0.1) is 0 Å². The number of methoxy groups -OCH3 is 2. The Labute approximate surface area is 90.8 Å². The fourth-order valence-corrected chi connectivity index (χ4v) is 1.44. The Bertz CT molecular complexity index is 547. The van der Waals surface area contributed by atoms with E-state index in [0.717, 1.165) is 0 Å². The van der Waals surface area contributed by atoms with Gasteiger partial charge < -0.3 is 19.6 Å². The zero-order chi connectivity index (χ0) is 11.7. The molecule has 2 aromatic rings. The molecule has 0 saturated carbocycles. The molecule has 0 aliphatic heterocycles. The van der Waals surface area contributed by atoms with Gasteiger partial charge in [0.25, 0.3) is 0 Å². The smallest absolute Gasteiger partial charge is 0.352 e. The first-order valence-electron chi connectivity index (χ1n) is 4.50. The van der Waals surface area contributed by atoms with Gasteiger partial charge in [0.15, 0.2) is 0 Å². The third-order valence-corrected chi connectivity index (χ3v) is 2.20. The number of hydrogen-bond acceptors (Lipinski definition) is 4. The maximum absolute atomic E-state index is 10.8. The molecule has 2 heterocycles. The lowest BCUT2D eigenvalue weighted by Crippen LogP contribution is -1.95. The SMILES string of the molecule is COc1cc(OC)c2cc(C(=O)O)[nH]c2n1. The van der Waals surface area contributed by atoms with Crippen LogP contribution in [0.3, 0.4) is 0 Å². The predicted octanol–water partition coefficient (Wildman–Crippen LogP) is 1.28. The van der Waals surface area contributed by atoms with E-state index >= 15 is 0 Å². The number of nitrogens with one attached hydrogen (secondary N) is 1. The summed E-state index contributed by atoms with van der Waals surface area (Å²) in [6.45, 7) is 0. The molecule has 0 radical (unpaired) electrons. The van der Waals surface area contributed by atoms with E-state index in [9.17, 15) is 4.79 Å². The molecule has 0 unspecified atom stereocenters. The number of carboxylic acid groups (broad SMARTS) is 1. The van der Waals surface area contributed by atoms with Gasteiger partial charge in [0, 0.05) is 6.07 Å². The molecular weight excluding hydrogens is 212 g/mol. The molecule has 84 valence electrons. The minimum atomic E-state index is -1.04. The van der Waals surface area contributed by atoms with E-state index in [4.69, 9.17) is 14.6 Å². The van der Waals surface area contributed by atoms with Crippen LogP contribution in [-0.4, -0.2) is 35.3 Å². The summed E-state index contributed by atoms with van der Waals surface area (Å²) in [4.78, 5) is 17.6. The van der Waals surface area contributed by atoms with Gasteiger partial charge in [-0.05, 0) is 6.07 Å². The molecule has 6 nitrogen and oxygen atoms in total. The molecule has 0 fully saturated rings. The molecule has 0 saturated heterocycles. The highest BCUT2D eigenvalue weighted by Gasteiger charge is 2.13. The average molecular weight is 222 g/mol. The van der Waals surface area contributed by atoms with Crippen LogP contribution in [0.4, 0.5) is 0 Å². The number of aromatic nitrogens is 2. The highest BCUT2D eigenvalue weighted by atomic mass is 16.5. The Kier molecular flexibility index (Phi) is 2.40. The van der Waals surface area contributed by atoms with Crippen LogP contribution in [-0.2, 0) is 0 Å². The summed E-state index contributed by atoms with van der Waals surface area (Å²) in [5.74, 6) is -0.159. The van der Waals surface area contributed by atoms with Gasteiger partial charge in [-0.25, -0.2) is 4.79 Å². The summed E-state index contributed by atoms with van der Waals surface area (Å²) in [6, 6.07) is 3.07. The number of nitrogens with zero attached hydrogens (tertiary/aromatic N) is 1. The lowest BCUT2D eigenvalue weighted by atomic mass is 10.3. The van der Waals surface area contributed by atoms with Crippen molar-refractivity contribution < 1.29 is 19.4 Å². The number of ether oxygens (including phenoxy) is 2.